The number of likely N-dealkylation sites (N-methyl/N-ethyl adjacent to an activating group) is 1. The monoisotopic (exact) mass is 406 g/mol. The van der Waals surface area contributed by atoms with E-state index >= 15 is 0 Å². The van der Waals surface area contributed by atoms with Crippen molar-refractivity contribution in [2.75, 3.05) is 33.3 Å². The Kier molecular flexibility index (Phi) is 6.28. The van der Waals surface area contributed by atoms with Crippen molar-refractivity contribution in [1.29, 1.82) is 0 Å². The zero-order valence-corrected chi connectivity index (χ0v) is 17.2. The van der Waals surface area contributed by atoms with Gasteiger partial charge >= 0.3 is 5.97 Å². The molecule has 2 aliphatic rings. The summed E-state index contributed by atoms with van der Waals surface area (Å²) in [5.74, 6) is -0.689. The van der Waals surface area contributed by atoms with Crippen molar-refractivity contribution < 1.29 is 19.1 Å². The summed E-state index contributed by atoms with van der Waals surface area (Å²) in [7, 11) is 1.67. The number of piperidine rings is 1. The van der Waals surface area contributed by atoms with Gasteiger partial charge in [0.05, 0.1) is 24.5 Å². The van der Waals surface area contributed by atoms with Crippen LogP contribution in [0.1, 0.15) is 38.2 Å². The minimum absolute atomic E-state index is 0.0176. The fourth-order valence-electron chi connectivity index (χ4n) is 3.92. The van der Waals surface area contributed by atoms with Crippen LogP contribution in [0, 0.1) is 5.92 Å². The molecule has 1 unspecified atom stereocenters. The minimum Gasteiger partial charge on any atom is -0.466 e. The van der Waals surface area contributed by atoms with Crippen molar-refractivity contribution in [3.05, 3.63) is 34.9 Å². The van der Waals surface area contributed by atoms with Gasteiger partial charge in [-0.3, -0.25) is 14.4 Å². The first-order valence-electron chi connectivity index (χ1n) is 9.83. The summed E-state index contributed by atoms with van der Waals surface area (Å²) in [5.41, 5.74) is 0.413. The molecule has 1 aromatic rings. The number of likely N-dealkylation sites (tertiary alicyclic amines) is 1. The summed E-state index contributed by atoms with van der Waals surface area (Å²) >= 11 is 5.95. The van der Waals surface area contributed by atoms with Crippen LogP contribution in [0.25, 0.3) is 0 Å². The van der Waals surface area contributed by atoms with Gasteiger partial charge in [0.25, 0.3) is 0 Å². The molecule has 3 rings (SSSR count). The number of carbonyl (C=O) groups is 3. The fourth-order valence-corrected chi connectivity index (χ4v) is 4.04. The molecule has 1 aromatic carbocycles. The Balaban J connectivity index is 1.60. The van der Waals surface area contributed by atoms with E-state index in [1.807, 2.05) is 12.1 Å². The van der Waals surface area contributed by atoms with E-state index in [0.29, 0.717) is 24.7 Å². The summed E-state index contributed by atoms with van der Waals surface area (Å²) in [4.78, 5) is 40.9. The topological polar surface area (TPSA) is 66.9 Å². The first-order chi connectivity index (χ1) is 13.4. The quantitative estimate of drug-likeness (QED) is 0.681. The van der Waals surface area contributed by atoms with Gasteiger partial charge in [0.2, 0.25) is 11.8 Å². The Labute approximate surface area is 170 Å². The molecule has 1 heterocycles. The van der Waals surface area contributed by atoms with Crippen molar-refractivity contribution in [3.8, 4) is 0 Å². The number of esters is 1. The molecule has 2 amide bonds. The van der Waals surface area contributed by atoms with Gasteiger partial charge in [0.15, 0.2) is 0 Å². The van der Waals surface area contributed by atoms with E-state index < -0.39 is 5.41 Å². The number of nitrogens with zero attached hydrogens (tertiary/aromatic N) is 2. The number of halogens is 1. The van der Waals surface area contributed by atoms with Crippen LogP contribution in [0.15, 0.2) is 24.3 Å². The molecule has 28 heavy (non-hydrogen) atoms. The van der Waals surface area contributed by atoms with Gasteiger partial charge in [-0.1, -0.05) is 23.7 Å². The number of benzene rings is 1. The highest BCUT2D eigenvalue weighted by molar-refractivity contribution is 6.30. The van der Waals surface area contributed by atoms with E-state index in [1.54, 1.807) is 31.0 Å². The molecule has 0 aromatic heterocycles. The SMILES string of the molecule is CCOC(=O)C1CCCN(C(=O)CN(C)C(=O)C2(c3ccc(Cl)cc3)CC2)C1. The number of carbonyl (C=O) groups excluding carboxylic acids is 3. The maximum absolute atomic E-state index is 13.0. The molecule has 1 saturated carbocycles. The second-order valence-electron chi connectivity index (χ2n) is 7.68. The van der Waals surface area contributed by atoms with Gasteiger partial charge in [-0.25, -0.2) is 0 Å². The van der Waals surface area contributed by atoms with E-state index in [1.165, 1.54) is 4.90 Å². The molecule has 1 atom stereocenters. The second kappa shape index (κ2) is 8.52. The highest BCUT2D eigenvalue weighted by Crippen LogP contribution is 2.49. The van der Waals surface area contributed by atoms with Gasteiger partial charge in [0, 0.05) is 25.2 Å². The molecule has 6 nitrogen and oxygen atoms in total. The maximum atomic E-state index is 13.0. The molecule has 0 spiro atoms. The summed E-state index contributed by atoms with van der Waals surface area (Å²) < 4.78 is 5.09. The van der Waals surface area contributed by atoms with Crippen LogP contribution >= 0.6 is 11.6 Å². The number of rotatable bonds is 6. The third-order valence-corrected chi connectivity index (χ3v) is 5.92. The van der Waals surface area contributed by atoms with Crippen LogP contribution in [0.2, 0.25) is 5.02 Å². The third kappa shape index (κ3) is 4.32. The Hall–Kier alpha value is -2.08. The van der Waals surface area contributed by atoms with E-state index in [0.717, 1.165) is 31.2 Å². The predicted molar refractivity (Wildman–Crippen MR) is 106 cm³/mol. The van der Waals surface area contributed by atoms with Crippen LogP contribution in [0.4, 0.5) is 0 Å². The maximum Gasteiger partial charge on any atom is 0.310 e. The number of hydrogen-bond acceptors (Lipinski definition) is 4. The Morgan fingerprint density at radius 2 is 1.93 bits per heavy atom. The zero-order chi connectivity index (χ0) is 20.3. The molecule has 0 radical (unpaired) electrons. The molecule has 1 aliphatic heterocycles. The average Bonchev–Trinajstić information content (AvgIpc) is 3.50. The molecular formula is C21H27ClN2O4. The summed E-state index contributed by atoms with van der Waals surface area (Å²) in [6.07, 6.45) is 3.06. The van der Waals surface area contributed by atoms with Crippen molar-refractivity contribution in [3.63, 3.8) is 0 Å². The predicted octanol–water partition coefficient (Wildman–Crippen LogP) is 2.63. The Morgan fingerprint density at radius 1 is 1.25 bits per heavy atom. The Morgan fingerprint density at radius 3 is 2.54 bits per heavy atom. The smallest absolute Gasteiger partial charge is 0.310 e. The molecular weight excluding hydrogens is 380 g/mol. The lowest BCUT2D eigenvalue weighted by molar-refractivity contribution is -0.152. The van der Waals surface area contributed by atoms with E-state index in [9.17, 15) is 14.4 Å². The second-order valence-corrected chi connectivity index (χ2v) is 8.12. The van der Waals surface area contributed by atoms with Crippen molar-refractivity contribution in [2.24, 2.45) is 5.92 Å². The van der Waals surface area contributed by atoms with Crippen LogP contribution in [0.5, 0.6) is 0 Å². The van der Waals surface area contributed by atoms with Crippen molar-refractivity contribution in [2.45, 2.75) is 38.0 Å². The number of amides is 2. The summed E-state index contributed by atoms with van der Waals surface area (Å²) in [5, 5.41) is 0.636. The highest BCUT2D eigenvalue weighted by atomic mass is 35.5. The average molecular weight is 407 g/mol. The van der Waals surface area contributed by atoms with Crippen LogP contribution in [-0.4, -0.2) is 60.9 Å². The lowest BCUT2D eigenvalue weighted by Gasteiger charge is -2.33. The standard InChI is InChI=1S/C21H27ClN2O4/c1-3-28-19(26)15-5-4-12-24(13-15)18(25)14-23(2)20(27)21(10-11-21)16-6-8-17(22)9-7-16/h6-9,15H,3-5,10-14H2,1-2H3. The third-order valence-electron chi connectivity index (χ3n) is 5.67. The number of ether oxygens (including phenoxy) is 1. The molecule has 7 heteroatoms. The molecule has 2 fully saturated rings. The molecule has 152 valence electrons. The van der Waals surface area contributed by atoms with Gasteiger partial charge in [-0.05, 0) is 50.3 Å². The summed E-state index contributed by atoms with van der Waals surface area (Å²) in [6, 6.07) is 7.35. The Bertz CT molecular complexity index is 745. The van der Waals surface area contributed by atoms with Crippen molar-refractivity contribution >= 4 is 29.4 Å². The highest BCUT2D eigenvalue weighted by Gasteiger charge is 2.52. The fraction of sp³-hybridized carbons (Fsp3) is 0.571. The van der Waals surface area contributed by atoms with E-state index in [-0.39, 0.29) is 30.2 Å². The lowest BCUT2D eigenvalue weighted by atomic mass is 9.94. The van der Waals surface area contributed by atoms with Gasteiger partial charge < -0.3 is 14.5 Å². The number of hydrogen-bond donors (Lipinski definition) is 0. The van der Waals surface area contributed by atoms with Gasteiger partial charge in [0.1, 0.15) is 0 Å². The van der Waals surface area contributed by atoms with Crippen LogP contribution < -0.4 is 0 Å². The van der Waals surface area contributed by atoms with Gasteiger partial charge in [-0.15, -0.1) is 0 Å². The van der Waals surface area contributed by atoms with E-state index in [2.05, 4.69) is 0 Å². The largest absolute Gasteiger partial charge is 0.466 e. The molecule has 0 bridgehead atoms. The first-order valence-corrected chi connectivity index (χ1v) is 10.2. The molecule has 1 aliphatic carbocycles. The van der Waals surface area contributed by atoms with Crippen LogP contribution in [0.3, 0.4) is 0 Å². The van der Waals surface area contributed by atoms with Crippen LogP contribution in [-0.2, 0) is 24.5 Å². The normalized spacial score (nSPS) is 20.4. The molecule has 0 N–H and O–H groups in total. The van der Waals surface area contributed by atoms with Crippen molar-refractivity contribution in [1.82, 2.24) is 9.80 Å². The van der Waals surface area contributed by atoms with Gasteiger partial charge in [-0.2, -0.15) is 0 Å². The summed E-state index contributed by atoms with van der Waals surface area (Å²) in [6.45, 7) is 3.11. The lowest BCUT2D eigenvalue weighted by Crippen LogP contribution is -2.48. The minimum atomic E-state index is -0.533. The zero-order valence-electron chi connectivity index (χ0n) is 16.4. The van der Waals surface area contributed by atoms with E-state index in [4.69, 9.17) is 16.3 Å². The molecule has 1 saturated heterocycles. The first kappa shape index (κ1) is 20.6.